The largest absolute Gasteiger partial charge is 0.394 e. The van der Waals surface area contributed by atoms with E-state index in [2.05, 4.69) is 28.0 Å². The summed E-state index contributed by atoms with van der Waals surface area (Å²) in [6.07, 6.45) is 0.852. The molecule has 0 radical (unpaired) electrons. The van der Waals surface area contributed by atoms with Crippen LogP contribution in [0.3, 0.4) is 0 Å². The molecule has 0 amide bonds. The van der Waals surface area contributed by atoms with E-state index < -0.39 is 0 Å². The average Bonchev–Trinajstić information content (AvgIpc) is 3.08. The molecule has 2 aromatic rings. The Hall–Kier alpha value is -1.36. The molecule has 0 fully saturated rings. The quantitative estimate of drug-likeness (QED) is 0.670. The Balaban J connectivity index is 1.85. The molecule has 3 rings (SSSR count). The SMILES string of the molecule is CNCCON=C1CC(c2ccccc2Cl)c2ccsc21. The number of hydrogen-bond donors (Lipinski definition) is 1. The first kappa shape index (κ1) is 14.6. The highest BCUT2D eigenvalue weighted by Gasteiger charge is 2.31. The number of fused-ring (bicyclic) bond motifs is 1. The molecule has 5 heteroatoms. The average molecular weight is 321 g/mol. The van der Waals surface area contributed by atoms with Crippen LogP contribution in [0.1, 0.15) is 28.3 Å². The van der Waals surface area contributed by atoms with Crippen LogP contribution in [0.15, 0.2) is 40.9 Å². The van der Waals surface area contributed by atoms with Gasteiger partial charge in [-0.3, -0.25) is 0 Å². The van der Waals surface area contributed by atoms with Gasteiger partial charge in [-0.05, 0) is 35.7 Å². The van der Waals surface area contributed by atoms with E-state index in [-0.39, 0.29) is 5.92 Å². The molecular weight excluding hydrogens is 304 g/mol. The van der Waals surface area contributed by atoms with Gasteiger partial charge in [0.25, 0.3) is 0 Å². The molecule has 1 aliphatic carbocycles. The second-order valence-electron chi connectivity index (χ2n) is 4.96. The molecule has 0 aliphatic heterocycles. The van der Waals surface area contributed by atoms with Crippen LogP contribution in [0, 0.1) is 0 Å². The molecule has 1 aliphatic rings. The summed E-state index contributed by atoms with van der Waals surface area (Å²) in [6, 6.07) is 10.2. The van der Waals surface area contributed by atoms with Crippen molar-refractivity contribution in [1.82, 2.24) is 5.32 Å². The number of nitrogens with zero attached hydrogens (tertiary/aromatic N) is 1. The highest BCUT2D eigenvalue weighted by atomic mass is 35.5. The highest BCUT2D eigenvalue weighted by Crippen LogP contribution is 2.43. The Morgan fingerprint density at radius 3 is 3.00 bits per heavy atom. The van der Waals surface area contributed by atoms with E-state index in [9.17, 15) is 0 Å². The van der Waals surface area contributed by atoms with E-state index in [0.717, 1.165) is 23.7 Å². The molecule has 3 nitrogen and oxygen atoms in total. The molecular formula is C16H17ClN2OS. The van der Waals surface area contributed by atoms with E-state index in [0.29, 0.717) is 6.61 Å². The van der Waals surface area contributed by atoms with E-state index in [1.165, 1.54) is 16.0 Å². The van der Waals surface area contributed by atoms with Crippen LogP contribution in [0.2, 0.25) is 5.02 Å². The highest BCUT2D eigenvalue weighted by molar-refractivity contribution is 7.12. The maximum absolute atomic E-state index is 6.36. The summed E-state index contributed by atoms with van der Waals surface area (Å²) >= 11 is 8.07. The fourth-order valence-corrected chi connectivity index (χ4v) is 3.83. The fourth-order valence-electron chi connectivity index (χ4n) is 2.61. The number of thiophene rings is 1. The van der Waals surface area contributed by atoms with Crippen molar-refractivity contribution in [2.24, 2.45) is 5.16 Å². The number of rotatable bonds is 5. The summed E-state index contributed by atoms with van der Waals surface area (Å²) in [5.41, 5.74) is 3.50. The normalized spacial score (nSPS) is 19.0. The van der Waals surface area contributed by atoms with Crippen molar-refractivity contribution in [2.75, 3.05) is 20.2 Å². The van der Waals surface area contributed by atoms with Crippen LogP contribution in [-0.2, 0) is 4.84 Å². The van der Waals surface area contributed by atoms with Crippen molar-refractivity contribution < 1.29 is 4.84 Å². The minimum atomic E-state index is 0.284. The van der Waals surface area contributed by atoms with Gasteiger partial charge in [0.15, 0.2) is 0 Å². The minimum Gasteiger partial charge on any atom is -0.394 e. The van der Waals surface area contributed by atoms with Crippen molar-refractivity contribution >= 4 is 28.6 Å². The van der Waals surface area contributed by atoms with Gasteiger partial charge in [0, 0.05) is 23.9 Å². The first-order valence-electron chi connectivity index (χ1n) is 6.97. The number of benzene rings is 1. The second-order valence-corrected chi connectivity index (χ2v) is 6.28. The van der Waals surface area contributed by atoms with E-state index in [1.54, 1.807) is 11.3 Å². The van der Waals surface area contributed by atoms with Gasteiger partial charge in [-0.25, -0.2) is 0 Å². The van der Waals surface area contributed by atoms with Crippen LogP contribution in [0.5, 0.6) is 0 Å². The summed E-state index contributed by atoms with van der Waals surface area (Å²) in [5, 5.41) is 10.3. The van der Waals surface area contributed by atoms with E-state index in [4.69, 9.17) is 16.4 Å². The number of oxime groups is 1. The Kier molecular flexibility index (Phi) is 4.58. The zero-order valence-electron chi connectivity index (χ0n) is 11.8. The molecule has 1 unspecified atom stereocenters. The van der Waals surface area contributed by atoms with Gasteiger partial charge in [-0.1, -0.05) is 35.0 Å². The Morgan fingerprint density at radius 2 is 2.19 bits per heavy atom. The second kappa shape index (κ2) is 6.60. The van der Waals surface area contributed by atoms with Crippen molar-refractivity contribution in [3.8, 4) is 0 Å². The lowest BCUT2D eigenvalue weighted by molar-refractivity contribution is 0.147. The van der Waals surface area contributed by atoms with Crippen molar-refractivity contribution in [3.63, 3.8) is 0 Å². The van der Waals surface area contributed by atoms with Crippen molar-refractivity contribution in [3.05, 3.63) is 56.7 Å². The number of hydrogen-bond acceptors (Lipinski definition) is 4. The molecule has 1 heterocycles. The minimum absolute atomic E-state index is 0.284. The van der Waals surface area contributed by atoms with Gasteiger partial charge >= 0.3 is 0 Å². The number of nitrogens with one attached hydrogen (secondary N) is 1. The van der Waals surface area contributed by atoms with Crippen molar-refractivity contribution in [2.45, 2.75) is 12.3 Å². The Morgan fingerprint density at radius 1 is 1.33 bits per heavy atom. The van der Waals surface area contributed by atoms with Crippen molar-refractivity contribution in [1.29, 1.82) is 0 Å². The summed E-state index contributed by atoms with van der Waals surface area (Å²) < 4.78 is 0. The van der Waals surface area contributed by atoms with Crippen LogP contribution >= 0.6 is 22.9 Å². The third-order valence-electron chi connectivity index (χ3n) is 3.63. The molecule has 1 aromatic heterocycles. The Bertz CT molecular complexity index is 653. The van der Waals surface area contributed by atoms with Gasteiger partial charge in [0.05, 0.1) is 10.6 Å². The van der Waals surface area contributed by atoms with Crippen LogP contribution < -0.4 is 5.32 Å². The first-order chi connectivity index (χ1) is 10.3. The first-order valence-corrected chi connectivity index (χ1v) is 8.22. The molecule has 0 bridgehead atoms. The predicted molar refractivity (Wildman–Crippen MR) is 88.6 cm³/mol. The molecule has 1 aromatic carbocycles. The zero-order chi connectivity index (χ0) is 14.7. The molecule has 0 spiro atoms. The molecule has 0 saturated heterocycles. The fraction of sp³-hybridized carbons (Fsp3) is 0.312. The topological polar surface area (TPSA) is 33.6 Å². The molecule has 1 atom stereocenters. The summed E-state index contributed by atoms with van der Waals surface area (Å²) in [6.45, 7) is 1.37. The number of halogens is 1. The third-order valence-corrected chi connectivity index (χ3v) is 4.95. The maximum Gasteiger partial charge on any atom is 0.129 e. The van der Waals surface area contributed by atoms with Gasteiger partial charge < -0.3 is 10.2 Å². The van der Waals surface area contributed by atoms with Crippen LogP contribution in [-0.4, -0.2) is 25.9 Å². The lowest BCUT2D eigenvalue weighted by Crippen LogP contribution is -2.13. The predicted octanol–water partition coefficient (Wildman–Crippen LogP) is 3.88. The third kappa shape index (κ3) is 2.98. The zero-order valence-corrected chi connectivity index (χ0v) is 13.4. The molecule has 0 saturated carbocycles. The maximum atomic E-state index is 6.36. The lowest BCUT2D eigenvalue weighted by atomic mass is 9.94. The van der Waals surface area contributed by atoms with Crippen LogP contribution in [0.4, 0.5) is 0 Å². The number of likely N-dealkylation sites (N-methyl/N-ethyl adjacent to an activating group) is 1. The van der Waals surface area contributed by atoms with Gasteiger partial charge in [0.1, 0.15) is 6.61 Å². The van der Waals surface area contributed by atoms with Crippen LogP contribution in [0.25, 0.3) is 0 Å². The smallest absolute Gasteiger partial charge is 0.129 e. The molecule has 21 heavy (non-hydrogen) atoms. The van der Waals surface area contributed by atoms with E-state index >= 15 is 0 Å². The summed E-state index contributed by atoms with van der Waals surface area (Å²) in [4.78, 5) is 6.62. The molecule has 1 N–H and O–H groups in total. The summed E-state index contributed by atoms with van der Waals surface area (Å²) in [7, 11) is 1.90. The summed E-state index contributed by atoms with van der Waals surface area (Å²) in [5.74, 6) is 0.284. The van der Waals surface area contributed by atoms with Gasteiger partial charge in [-0.15, -0.1) is 11.3 Å². The Labute approximate surface area is 133 Å². The standard InChI is InChI=1S/C16H17ClN2OS/c1-18-7-8-20-19-15-10-13(12-6-9-21-16(12)15)11-4-2-3-5-14(11)17/h2-6,9,13,18H,7-8,10H2,1H3. The van der Waals surface area contributed by atoms with E-state index in [1.807, 2.05) is 25.2 Å². The van der Waals surface area contributed by atoms with Gasteiger partial charge in [0.2, 0.25) is 0 Å². The lowest BCUT2D eigenvalue weighted by Gasteiger charge is -2.11. The monoisotopic (exact) mass is 320 g/mol. The molecule has 110 valence electrons. The van der Waals surface area contributed by atoms with Gasteiger partial charge in [-0.2, -0.15) is 0 Å².